The Morgan fingerprint density at radius 1 is 1.37 bits per heavy atom. The van der Waals surface area contributed by atoms with Crippen molar-refractivity contribution in [3.8, 4) is 0 Å². The maximum atomic E-state index is 11.6. The van der Waals surface area contributed by atoms with Gasteiger partial charge in [0.1, 0.15) is 9.84 Å². The van der Waals surface area contributed by atoms with Crippen molar-refractivity contribution >= 4 is 9.84 Å². The van der Waals surface area contributed by atoms with Crippen LogP contribution in [-0.4, -0.2) is 45.2 Å². The number of ether oxygens (including phenoxy) is 1. The Hall–Kier alpha value is -0.130. The molecule has 0 aromatic heterocycles. The van der Waals surface area contributed by atoms with Crippen molar-refractivity contribution in [2.45, 2.75) is 57.1 Å². The number of rotatable bonds is 5. The molecule has 2 aliphatic rings. The Bertz CT molecular complexity index is 387. The third kappa shape index (κ3) is 4.17. The average Bonchev–Trinajstić information content (AvgIpc) is 2.75. The molecule has 112 valence electrons. The molecule has 4 nitrogen and oxygen atoms in total. The zero-order valence-corrected chi connectivity index (χ0v) is 13.0. The summed E-state index contributed by atoms with van der Waals surface area (Å²) in [5, 5.41) is 3.38. The Balaban J connectivity index is 2.04. The van der Waals surface area contributed by atoms with E-state index in [2.05, 4.69) is 5.32 Å². The van der Waals surface area contributed by atoms with E-state index in [1.165, 1.54) is 19.1 Å². The molecule has 1 heterocycles. The third-order valence-corrected chi connectivity index (χ3v) is 5.53. The van der Waals surface area contributed by atoms with Crippen LogP contribution in [0.2, 0.25) is 0 Å². The van der Waals surface area contributed by atoms with Crippen molar-refractivity contribution in [2.24, 2.45) is 5.92 Å². The van der Waals surface area contributed by atoms with Crippen LogP contribution in [0.3, 0.4) is 0 Å². The first kappa shape index (κ1) is 15.3. The highest BCUT2D eigenvalue weighted by atomic mass is 32.2. The molecule has 0 aromatic carbocycles. The molecule has 0 bridgehead atoms. The first-order chi connectivity index (χ1) is 8.94. The minimum absolute atomic E-state index is 0.0636. The monoisotopic (exact) mass is 289 g/mol. The van der Waals surface area contributed by atoms with Gasteiger partial charge in [0.2, 0.25) is 0 Å². The second-order valence-electron chi connectivity index (χ2n) is 6.25. The summed E-state index contributed by atoms with van der Waals surface area (Å²) in [5.41, 5.74) is 0.0636. The zero-order valence-electron chi connectivity index (χ0n) is 12.2. The number of hydrogen-bond donors (Lipinski definition) is 1. The van der Waals surface area contributed by atoms with E-state index in [9.17, 15) is 8.42 Å². The molecule has 0 radical (unpaired) electrons. The minimum atomic E-state index is -2.93. The topological polar surface area (TPSA) is 55.4 Å². The summed E-state index contributed by atoms with van der Waals surface area (Å²) in [6, 6.07) is 0.0846. The predicted octanol–water partition coefficient (Wildman–Crippen LogP) is 1.75. The molecule has 2 fully saturated rings. The zero-order chi connectivity index (χ0) is 13.9. The average molecular weight is 289 g/mol. The van der Waals surface area contributed by atoms with Gasteiger partial charge in [-0.2, -0.15) is 0 Å². The molecule has 5 heteroatoms. The van der Waals surface area contributed by atoms with Crippen LogP contribution in [-0.2, 0) is 14.6 Å². The molecule has 2 atom stereocenters. The van der Waals surface area contributed by atoms with Crippen LogP contribution >= 0.6 is 0 Å². The standard InChI is InChI=1S/C14H27NO3S/c1-3-15-13(11-19(2,16)17)12-6-9-18-14(10-12)7-4-5-8-14/h12-13,15H,3-11H2,1-2H3. The van der Waals surface area contributed by atoms with Crippen LogP contribution in [0.1, 0.15) is 45.4 Å². The summed E-state index contributed by atoms with van der Waals surface area (Å²) < 4.78 is 29.2. The van der Waals surface area contributed by atoms with Crippen LogP contribution in [0.4, 0.5) is 0 Å². The SMILES string of the molecule is CCNC(CS(C)(=O)=O)C1CCOC2(CCCC2)C1. The van der Waals surface area contributed by atoms with E-state index >= 15 is 0 Å². The highest BCUT2D eigenvalue weighted by Gasteiger charge is 2.42. The molecule has 0 aromatic rings. The number of nitrogens with one attached hydrogen (secondary N) is 1. The van der Waals surface area contributed by atoms with Gasteiger partial charge in [-0.3, -0.25) is 0 Å². The van der Waals surface area contributed by atoms with Gasteiger partial charge in [0.15, 0.2) is 0 Å². The summed E-state index contributed by atoms with van der Waals surface area (Å²) in [7, 11) is -2.93. The van der Waals surface area contributed by atoms with E-state index < -0.39 is 9.84 Å². The van der Waals surface area contributed by atoms with E-state index in [1.807, 2.05) is 6.92 Å². The highest BCUT2D eigenvalue weighted by Crippen LogP contribution is 2.42. The predicted molar refractivity (Wildman–Crippen MR) is 77.1 cm³/mol. The van der Waals surface area contributed by atoms with Gasteiger partial charge in [0.25, 0.3) is 0 Å². The van der Waals surface area contributed by atoms with Crippen molar-refractivity contribution in [3.63, 3.8) is 0 Å². The molecule has 19 heavy (non-hydrogen) atoms. The van der Waals surface area contributed by atoms with Crippen molar-refractivity contribution in [1.29, 1.82) is 0 Å². The fraction of sp³-hybridized carbons (Fsp3) is 1.00. The lowest BCUT2D eigenvalue weighted by Gasteiger charge is -2.41. The molecule has 1 N–H and O–H groups in total. The molecule has 2 rings (SSSR count). The fourth-order valence-electron chi connectivity index (χ4n) is 3.73. The Labute approximate surface area is 117 Å². The highest BCUT2D eigenvalue weighted by molar-refractivity contribution is 7.90. The maximum absolute atomic E-state index is 11.6. The quantitative estimate of drug-likeness (QED) is 0.838. The summed E-state index contributed by atoms with van der Waals surface area (Å²) in [5.74, 6) is 0.684. The maximum Gasteiger partial charge on any atom is 0.148 e. The molecule has 1 saturated heterocycles. The number of sulfone groups is 1. The molecule has 2 unspecified atom stereocenters. The van der Waals surface area contributed by atoms with Gasteiger partial charge in [-0.05, 0) is 38.1 Å². The van der Waals surface area contributed by atoms with Gasteiger partial charge in [-0.1, -0.05) is 19.8 Å². The van der Waals surface area contributed by atoms with Gasteiger partial charge in [-0.25, -0.2) is 8.42 Å². The van der Waals surface area contributed by atoms with Crippen LogP contribution in [0, 0.1) is 5.92 Å². The van der Waals surface area contributed by atoms with Crippen LogP contribution in [0.5, 0.6) is 0 Å². The Kier molecular flexibility index (Phi) is 4.90. The summed E-state index contributed by atoms with van der Waals surface area (Å²) in [4.78, 5) is 0. The first-order valence-corrected chi connectivity index (χ1v) is 9.55. The van der Waals surface area contributed by atoms with Gasteiger partial charge >= 0.3 is 0 Å². The Morgan fingerprint density at radius 3 is 2.63 bits per heavy atom. The smallest absolute Gasteiger partial charge is 0.148 e. The van der Waals surface area contributed by atoms with Crippen LogP contribution in [0.15, 0.2) is 0 Å². The molecule has 1 aliphatic carbocycles. The molecule has 1 spiro atoms. The second kappa shape index (κ2) is 6.10. The van der Waals surface area contributed by atoms with Gasteiger partial charge < -0.3 is 10.1 Å². The van der Waals surface area contributed by atoms with Gasteiger partial charge in [0.05, 0.1) is 11.4 Å². The first-order valence-electron chi connectivity index (χ1n) is 7.49. The molecular weight excluding hydrogens is 262 g/mol. The van der Waals surface area contributed by atoms with Gasteiger partial charge in [-0.15, -0.1) is 0 Å². The minimum Gasteiger partial charge on any atom is -0.375 e. The molecule has 0 amide bonds. The number of hydrogen-bond acceptors (Lipinski definition) is 4. The molecule has 1 aliphatic heterocycles. The van der Waals surface area contributed by atoms with Crippen LogP contribution < -0.4 is 5.32 Å². The Morgan fingerprint density at radius 2 is 2.05 bits per heavy atom. The lowest BCUT2D eigenvalue weighted by atomic mass is 9.81. The second-order valence-corrected chi connectivity index (χ2v) is 8.43. The van der Waals surface area contributed by atoms with Crippen LogP contribution in [0.25, 0.3) is 0 Å². The van der Waals surface area contributed by atoms with E-state index in [4.69, 9.17) is 4.74 Å². The third-order valence-electron chi connectivity index (χ3n) is 4.56. The van der Waals surface area contributed by atoms with Crippen molar-refractivity contribution in [3.05, 3.63) is 0 Å². The van der Waals surface area contributed by atoms with E-state index in [-0.39, 0.29) is 17.4 Å². The van der Waals surface area contributed by atoms with Gasteiger partial charge in [0, 0.05) is 18.9 Å². The van der Waals surface area contributed by atoms with E-state index in [0.29, 0.717) is 5.92 Å². The summed E-state index contributed by atoms with van der Waals surface area (Å²) in [6.45, 7) is 3.65. The van der Waals surface area contributed by atoms with Crippen molar-refractivity contribution < 1.29 is 13.2 Å². The van der Waals surface area contributed by atoms with E-state index in [1.54, 1.807) is 0 Å². The lowest BCUT2D eigenvalue weighted by molar-refractivity contribution is -0.0967. The lowest BCUT2D eigenvalue weighted by Crippen LogP contribution is -2.48. The summed E-state index contributed by atoms with van der Waals surface area (Å²) >= 11 is 0. The van der Waals surface area contributed by atoms with E-state index in [0.717, 1.165) is 38.8 Å². The van der Waals surface area contributed by atoms with Crippen molar-refractivity contribution in [1.82, 2.24) is 5.32 Å². The largest absolute Gasteiger partial charge is 0.375 e. The fourth-order valence-corrected chi connectivity index (χ4v) is 4.77. The van der Waals surface area contributed by atoms with Crippen molar-refractivity contribution in [2.75, 3.05) is 25.2 Å². The normalized spacial score (nSPS) is 28.6. The summed E-state index contributed by atoms with van der Waals surface area (Å²) in [6.07, 6.45) is 8.16. The molecular formula is C14H27NO3S. The molecule has 1 saturated carbocycles.